The molecule has 0 saturated carbocycles. The second-order valence-corrected chi connectivity index (χ2v) is 4.87. The number of hydrogen-bond donors (Lipinski definition) is 2. The first-order valence-corrected chi connectivity index (χ1v) is 6.20. The molecule has 0 aliphatic heterocycles. The normalized spacial score (nSPS) is 14.0. The predicted molar refractivity (Wildman–Crippen MR) is 71.9 cm³/mol. The molecule has 0 bridgehead atoms. The molecule has 6 nitrogen and oxygen atoms in total. The van der Waals surface area contributed by atoms with E-state index in [2.05, 4.69) is 5.32 Å². The zero-order valence-electron chi connectivity index (χ0n) is 11.6. The molecule has 112 valence electrons. The molecule has 1 atom stereocenters. The SMILES string of the molecule is COCCC(C)(O)CNCc1cc(F)ccc1[N+](=O)[O-]. The lowest BCUT2D eigenvalue weighted by Gasteiger charge is -2.23. The molecule has 0 heterocycles. The van der Waals surface area contributed by atoms with Crippen molar-refractivity contribution >= 4 is 5.69 Å². The van der Waals surface area contributed by atoms with Crippen LogP contribution in [0.1, 0.15) is 18.9 Å². The summed E-state index contributed by atoms with van der Waals surface area (Å²) in [7, 11) is 1.54. The van der Waals surface area contributed by atoms with Gasteiger partial charge in [-0.15, -0.1) is 0 Å². The number of nitro groups is 1. The second kappa shape index (κ2) is 7.28. The van der Waals surface area contributed by atoms with Gasteiger partial charge in [0.25, 0.3) is 5.69 Å². The lowest BCUT2D eigenvalue weighted by atomic mass is 10.0. The van der Waals surface area contributed by atoms with Crippen LogP contribution in [0.5, 0.6) is 0 Å². The number of nitro benzene ring substituents is 1. The summed E-state index contributed by atoms with van der Waals surface area (Å²) in [6.45, 7) is 2.38. The van der Waals surface area contributed by atoms with E-state index in [0.717, 1.165) is 18.2 Å². The zero-order chi connectivity index (χ0) is 15.2. The number of methoxy groups -OCH3 is 1. The number of nitrogens with one attached hydrogen (secondary N) is 1. The van der Waals surface area contributed by atoms with E-state index in [1.54, 1.807) is 14.0 Å². The van der Waals surface area contributed by atoms with Crippen molar-refractivity contribution in [1.29, 1.82) is 0 Å². The molecule has 1 aromatic rings. The average molecular weight is 286 g/mol. The molecule has 0 radical (unpaired) electrons. The van der Waals surface area contributed by atoms with E-state index in [9.17, 15) is 19.6 Å². The van der Waals surface area contributed by atoms with E-state index in [1.807, 2.05) is 0 Å². The minimum absolute atomic E-state index is 0.108. The van der Waals surface area contributed by atoms with Crippen LogP contribution in [0.3, 0.4) is 0 Å². The highest BCUT2D eigenvalue weighted by molar-refractivity contribution is 5.40. The Bertz CT molecular complexity index is 466. The summed E-state index contributed by atoms with van der Waals surface area (Å²) in [6.07, 6.45) is 0.432. The molecule has 0 aromatic heterocycles. The van der Waals surface area contributed by atoms with Crippen molar-refractivity contribution < 1.29 is 19.2 Å². The third-order valence-corrected chi connectivity index (χ3v) is 2.90. The molecule has 1 rings (SSSR count). The van der Waals surface area contributed by atoms with Crippen LogP contribution >= 0.6 is 0 Å². The van der Waals surface area contributed by atoms with Gasteiger partial charge in [-0.05, 0) is 19.1 Å². The molecular formula is C13H19FN2O4. The minimum Gasteiger partial charge on any atom is -0.389 e. The van der Waals surface area contributed by atoms with Gasteiger partial charge in [0.15, 0.2) is 0 Å². The third-order valence-electron chi connectivity index (χ3n) is 2.90. The van der Waals surface area contributed by atoms with Crippen molar-refractivity contribution in [2.75, 3.05) is 20.3 Å². The Labute approximate surface area is 116 Å². The van der Waals surface area contributed by atoms with Crippen LogP contribution in [0, 0.1) is 15.9 Å². The summed E-state index contributed by atoms with van der Waals surface area (Å²) in [6, 6.07) is 3.31. The molecule has 2 N–H and O–H groups in total. The Morgan fingerprint density at radius 3 is 2.85 bits per heavy atom. The summed E-state index contributed by atoms with van der Waals surface area (Å²) in [5.41, 5.74) is -0.883. The molecule has 7 heteroatoms. The van der Waals surface area contributed by atoms with Crippen LogP contribution in [0.15, 0.2) is 18.2 Å². The second-order valence-electron chi connectivity index (χ2n) is 4.87. The Balaban J connectivity index is 2.61. The first-order valence-electron chi connectivity index (χ1n) is 6.20. The van der Waals surface area contributed by atoms with E-state index in [4.69, 9.17) is 4.74 Å². The number of nitrogens with zero attached hydrogens (tertiary/aromatic N) is 1. The van der Waals surface area contributed by atoms with Gasteiger partial charge in [-0.2, -0.15) is 0 Å². The van der Waals surface area contributed by atoms with Gasteiger partial charge >= 0.3 is 0 Å². The highest BCUT2D eigenvalue weighted by Crippen LogP contribution is 2.19. The fourth-order valence-electron chi connectivity index (χ4n) is 1.75. The van der Waals surface area contributed by atoms with E-state index in [-0.39, 0.29) is 24.3 Å². The fraction of sp³-hybridized carbons (Fsp3) is 0.538. The first-order chi connectivity index (χ1) is 9.35. The maximum atomic E-state index is 13.1. The van der Waals surface area contributed by atoms with Crippen molar-refractivity contribution in [2.45, 2.75) is 25.5 Å². The molecule has 0 fully saturated rings. The van der Waals surface area contributed by atoms with Crippen LogP contribution in [-0.2, 0) is 11.3 Å². The summed E-state index contributed by atoms with van der Waals surface area (Å²) in [4.78, 5) is 10.3. The predicted octanol–water partition coefficient (Wildman–Crippen LogP) is 1.61. The molecular weight excluding hydrogens is 267 g/mol. The maximum absolute atomic E-state index is 13.1. The Morgan fingerprint density at radius 2 is 2.25 bits per heavy atom. The molecule has 0 spiro atoms. The monoisotopic (exact) mass is 286 g/mol. The zero-order valence-corrected chi connectivity index (χ0v) is 11.6. The van der Waals surface area contributed by atoms with Crippen molar-refractivity contribution in [1.82, 2.24) is 5.32 Å². The molecule has 0 aliphatic carbocycles. The number of hydrogen-bond acceptors (Lipinski definition) is 5. The number of halogens is 1. The van der Waals surface area contributed by atoms with Crippen molar-refractivity contribution in [3.63, 3.8) is 0 Å². The quantitative estimate of drug-likeness (QED) is 0.560. The van der Waals surface area contributed by atoms with E-state index >= 15 is 0 Å². The lowest BCUT2D eigenvalue weighted by molar-refractivity contribution is -0.385. The summed E-state index contributed by atoms with van der Waals surface area (Å²) in [5, 5.41) is 23.7. The lowest BCUT2D eigenvalue weighted by Crippen LogP contribution is -2.38. The summed E-state index contributed by atoms with van der Waals surface area (Å²) < 4.78 is 18.0. The number of benzene rings is 1. The van der Waals surface area contributed by atoms with Gasteiger partial charge in [0.05, 0.1) is 10.5 Å². The van der Waals surface area contributed by atoms with E-state index in [1.165, 1.54) is 0 Å². The third kappa shape index (κ3) is 5.20. The van der Waals surface area contributed by atoms with Gasteiger partial charge in [-0.25, -0.2) is 4.39 Å². The average Bonchev–Trinajstić information content (AvgIpc) is 2.36. The maximum Gasteiger partial charge on any atom is 0.274 e. The van der Waals surface area contributed by atoms with Crippen LogP contribution in [-0.4, -0.2) is 35.9 Å². The van der Waals surface area contributed by atoms with Crippen LogP contribution < -0.4 is 5.32 Å². The van der Waals surface area contributed by atoms with E-state index < -0.39 is 16.3 Å². The molecule has 0 amide bonds. The van der Waals surface area contributed by atoms with Gasteiger partial charge in [0, 0.05) is 44.9 Å². The Hall–Kier alpha value is -1.57. The standard InChI is InChI=1S/C13H19FN2O4/c1-13(17,5-6-20-2)9-15-8-10-7-11(14)3-4-12(10)16(18)19/h3-4,7,15,17H,5-6,8-9H2,1-2H3. The largest absolute Gasteiger partial charge is 0.389 e. The van der Waals surface area contributed by atoms with Gasteiger partial charge in [-0.3, -0.25) is 10.1 Å². The molecule has 1 aromatic carbocycles. The fourth-order valence-corrected chi connectivity index (χ4v) is 1.75. The Kier molecular flexibility index (Phi) is 6.00. The van der Waals surface area contributed by atoms with E-state index in [0.29, 0.717) is 13.0 Å². The van der Waals surface area contributed by atoms with Crippen LogP contribution in [0.4, 0.5) is 10.1 Å². The minimum atomic E-state index is -0.988. The van der Waals surface area contributed by atoms with Gasteiger partial charge < -0.3 is 15.2 Å². The van der Waals surface area contributed by atoms with Gasteiger partial charge in [-0.1, -0.05) is 0 Å². The summed E-state index contributed by atoms with van der Waals surface area (Å²) in [5.74, 6) is -0.529. The smallest absolute Gasteiger partial charge is 0.274 e. The van der Waals surface area contributed by atoms with Crippen molar-refractivity contribution in [2.24, 2.45) is 0 Å². The van der Waals surface area contributed by atoms with Crippen molar-refractivity contribution in [3.8, 4) is 0 Å². The van der Waals surface area contributed by atoms with Crippen LogP contribution in [0.2, 0.25) is 0 Å². The highest BCUT2D eigenvalue weighted by Gasteiger charge is 2.20. The Morgan fingerprint density at radius 1 is 1.55 bits per heavy atom. The topological polar surface area (TPSA) is 84.6 Å². The summed E-state index contributed by atoms with van der Waals surface area (Å²) >= 11 is 0. The van der Waals surface area contributed by atoms with Gasteiger partial charge in [0.2, 0.25) is 0 Å². The number of ether oxygens (including phenoxy) is 1. The van der Waals surface area contributed by atoms with Gasteiger partial charge in [0.1, 0.15) is 5.82 Å². The van der Waals surface area contributed by atoms with Crippen molar-refractivity contribution in [3.05, 3.63) is 39.7 Å². The highest BCUT2D eigenvalue weighted by atomic mass is 19.1. The number of rotatable bonds is 8. The van der Waals surface area contributed by atoms with Crippen LogP contribution in [0.25, 0.3) is 0 Å². The number of aliphatic hydroxyl groups is 1. The first kappa shape index (κ1) is 16.5. The molecule has 1 unspecified atom stereocenters. The molecule has 0 saturated heterocycles. The molecule has 20 heavy (non-hydrogen) atoms. The molecule has 0 aliphatic rings.